The molecular weight excluding hydrogens is 321 g/mol. The lowest BCUT2D eigenvalue weighted by atomic mass is 10.00. The number of hydrazine groups is 1. The van der Waals surface area contributed by atoms with Gasteiger partial charge in [0, 0.05) is 22.4 Å². The second-order valence-corrected chi connectivity index (χ2v) is 4.88. The third kappa shape index (κ3) is 2.54. The van der Waals surface area contributed by atoms with Crippen LogP contribution in [0, 0.1) is 5.82 Å². The monoisotopic (exact) mass is 329 g/mol. The van der Waals surface area contributed by atoms with Gasteiger partial charge in [-0.25, -0.2) is 9.82 Å². The molecule has 18 heavy (non-hydrogen) atoms. The molecule has 6 heteroatoms. The molecule has 1 heterocycles. The van der Waals surface area contributed by atoms with E-state index in [-0.39, 0.29) is 5.02 Å². The van der Waals surface area contributed by atoms with E-state index in [4.69, 9.17) is 17.4 Å². The molecule has 0 spiro atoms. The normalized spacial score (nSPS) is 12.4. The van der Waals surface area contributed by atoms with Crippen LogP contribution in [0.1, 0.15) is 17.2 Å². The van der Waals surface area contributed by atoms with Gasteiger partial charge in [0.05, 0.1) is 11.1 Å². The summed E-state index contributed by atoms with van der Waals surface area (Å²) in [5, 5.41) is 0.0433. The molecule has 94 valence electrons. The van der Waals surface area contributed by atoms with Crippen LogP contribution in [0.3, 0.4) is 0 Å². The number of nitrogens with one attached hydrogen (secondary N) is 1. The Balaban J connectivity index is 2.50. The van der Waals surface area contributed by atoms with Crippen LogP contribution in [0.2, 0.25) is 5.02 Å². The Bertz CT molecular complexity index is 551. The Labute approximate surface area is 117 Å². The first-order chi connectivity index (χ1) is 8.65. The van der Waals surface area contributed by atoms with Crippen LogP contribution in [0.5, 0.6) is 0 Å². The molecule has 0 saturated heterocycles. The molecule has 0 saturated carbocycles. The number of pyridine rings is 1. The summed E-state index contributed by atoms with van der Waals surface area (Å²) in [5.41, 5.74) is 3.78. The van der Waals surface area contributed by atoms with Crippen molar-refractivity contribution in [2.24, 2.45) is 5.84 Å². The minimum absolute atomic E-state index is 0.0433. The van der Waals surface area contributed by atoms with Crippen LogP contribution in [0.4, 0.5) is 4.39 Å². The fourth-order valence-electron chi connectivity index (χ4n) is 1.69. The topological polar surface area (TPSA) is 50.9 Å². The van der Waals surface area contributed by atoms with Crippen molar-refractivity contribution in [2.45, 2.75) is 6.04 Å². The first-order valence-corrected chi connectivity index (χ1v) is 6.31. The van der Waals surface area contributed by atoms with Crippen LogP contribution in [-0.2, 0) is 0 Å². The van der Waals surface area contributed by atoms with Gasteiger partial charge in [0.25, 0.3) is 0 Å². The molecule has 3 nitrogen and oxygen atoms in total. The van der Waals surface area contributed by atoms with Gasteiger partial charge < -0.3 is 0 Å². The number of hydrogen-bond acceptors (Lipinski definition) is 3. The molecule has 2 rings (SSSR count). The Morgan fingerprint density at radius 2 is 1.94 bits per heavy atom. The number of nitrogens with two attached hydrogens (primary N) is 1. The quantitative estimate of drug-likeness (QED) is 0.516. The zero-order valence-corrected chi connectivity index (χ0v) is 11.5. The third-order valence-corrected chi connectivity index (χ3v) is 3.84. The molecule has 3 N–H and O–H groups in total. The number of benzene rings is 1. The summed E-state index contributed by atoms with van der Waals surface area (Å²) in [5.74, 6) is 5.01. The molecule has 1 aromatic carbocycles. The first kappa shape index (κ1) is 13.4. The molecule has 1 unspecified atom stereocenters. The SMILES string of the molecule is NNC(c1ccncc1)c1ccc(Br)c(Cl)c1F. The van der Waals surface area contributed by atoms with Gasteiger partial charge in [-0.1, -0.05) is 17.7 Å². The van der Waals surface area contributed by atoms with Crippen molar-refractivity contribution in [3.8, 4) is 0 Å². The van der Waals surface area contributed by atoms with Crippen molar-refractivity contribution in [3.05, 3.63) is 63.1 Å². The molecule has 0 bridgehead atoms. The number of nitrogens with zero attached hydrogens (tertiary/aromatic N) is 1. The summed E-state index contributed by atoms with van der Waals surface area (Å²) >= 11 is 9.04. The highest BCUT2D eigenvalue weighted by Crippen LogP contribution is 2.32. The van der Waals surface area contributed by atoms with Crippen LogP contribution in [-0.4, -0.2) is 4.98 Å². The molecule has 2 aromatic rings. The minimum Gasteiger partial charge on any atom is -0.271 e. The minimum atomic E-state index is -0.495. The lowest BCUT2D eigenvalue weighted by molar-refractivity contribution is 0.559. The van der Waals surface area contributed by atoms with E-state index >= 15 is 0 Å². The molecule has 1 atom stereocenters. The second kappa shape index (κ2) is 5.75. The van der Waals surface area contributed by atoms with E-state index in [1.807, 2.05) is 0 Å². The molecule has 0 aliphatic carbocycles. The van der Waals surface area contributed by atoms with Gasteiger partial charge in [-0.15, -0.1) is 0 Å². The van der Waals surface area contributed by atoms with Crippen molar-refractivity contribution in [1.29, 1.82) is 0 Å². The summed E-state index contributed by atoms with van der Waals surface area (Å²) in [7, 11) is 0. The zero-order chi connectivity index (χ0) is 13.1. The predicted molar refractivity (Wildman–Crippen MR) is 72.5 cm³/mol. The number of hydrogen-bond donors (Lipinski definition) is 2. The highest BCUT2D eigenvalue weighted by atomic mass is 79.9. The van der Waals surface area contributed by atoms with E-state index < -0.39 is 11.9 Å². The molecule has 0 aliphatic heterocycles. The first-order valence-electron chi connectivity index (χ1n) is 5.14. The lowest BCUT2D eigenvalue weighted by Crippen LogP contribution is -2.29. The van der Waals surface area contributed by atoms with E-state index in [2.05, 4.69) is 26.3 Å². The third-order valence-electron chi connectivity index (χ3n) is 2.58. The Hall–Kier alpha value is -1.01. The van der Waals surface area contributed by atoms with Gasteiger partial charge in [0.15, 0.2) is 0 Å². The van der Waals surface area contributed by atoms with Gasteiger partial charge in [0.1, 0.15) is 5.82 Å². The summed E-state index contributed by atoms with van der Waals surface area (Å²) in [6.07, 6.45) is 3.25. The molecule has 0 amide bonds. The van der Waals surface area contributed by atoms with E-state index in [0.717, 1.165) is 5.56 Å². The Morgan fingerprint density at radius 3 is 2.56 bits per heavy atom. The van der Waals surface area contributed by atoms with E-state index in [9.17, 15) is 4.39 Å². The maximum absolute atomic E-state index is 14.1. The Kier molecular flexibility index (Phi) is 4.29. The average Bonchev–Trinajstić information content (AvgIpc) is 2.41. The smallest absolute Gasteiger partial charge is 0.148 e. The van der Waals surface area contributed by atoms with Gasteiger partial charge in [-0.3, -0.25) is 10.8 Å². The summed E-state index contributed by atoms with van der Waals surface area (Å²) in [6, 6.07) is 6.38. The zero-order valence-electron chi connectivity index (χ0n) is 9.20. The number of rotatable bonds is 3. The van der Waals surface area contributed by atoms with Crippen molar-refractivity contribution in [1.82, 2.24) is 10.4 Å². The lowest BCUT2D eigenvalue weighted by Gasteiger charge is -2.18. The summed E-state index contributed by atoms with van der Waals surface area (Å²) in [6.45, 7) is 0. The van der Waals surface area contributed by atoms with E-state index in [0.29, 0.717) is 10.0 Å². The summed E-state index contributed by atoms with van der Waals surface area (Å²) in [4.78, 5) is 3.91. The van der Waals surface area contributed by atoms with Gasteiger partial charge >= 0.3 is 0 Å². The molecule has 0 aliphatic rings. The second-order valence-electron chi connectivity index (χ2n) is 3.64. The van der Waals surface area contributed by atoms with Gasteiger partial charge in [-0.2, -0.15) is 0 Å². The van der Waals surface area contributed by atoms with Gasteiger partial charge in [0.2, 0.25) is 0 Å². The van der Waals surface area contributed by atoms with Crippen LogP contribution in [0.25, 0.3) is 0 Å². The van der Waals surface area contributed by atoms with Crippen LogP contribution < -0.4 is 11.3 Å². The summed E-state index contributed by atoms with van der Waals surface area (Å²) < 4.78 is 14.6. The highest BCUT2D eigenvalue weighted by Gasteiger charge is 2.19. The fraction of sp³-hybridized carbons (Fsp3) is 0.0833. The van der Waals surface area contributed by atoms with Crippen molar-refractivity contribution in [2.75, 3.05) is 0 Å². The largest absolute Gasteiger partial charge is 0.271 e. The van der Waals surface area contributed by atoms with E-state index in [1.54, 1.807) is 36.7 Å². The fourth-order valence-corrected chi connectivity index (χ4v) is 2.16. The highest BCUT2D eigenvalue weighted by molar-refractivity contribution is 9.10. The van der Waals surface area contributed by atoms with Crippen molar-refractivity contribution >= 4 is 27.5 Å². The van der Waals surface area contributed by atoms with E-state index in [1.165, 1.54) is 0 Å². The number of aromatic nitrogens is 1. The van der Waals surface area contributed by atoms with Crippen molar-refractivity contribution in [3.63, 3.8) is 0 Å². The average molecular weight is 331 g/mol. The molecule has 0 radical (unpaired) electrons. The molecule has 1 aromatic heterocycles. The molecular formula is C12H10BrClFN3. The maximum atomic E-state index is 14.1. The van der Waals surface area contributed by atoms with Crippen LogP contribution >= 0.6 is 27.5 Å². The maximum Gasteiger partial charge on any atom is 0.148 e. The molecule has 0 fully saturated rings. The Morgan fingerprint density at radius 1 is 1.28 bits per heavy atom. The standard InChI is InChI=1S/C12H10BrClFN3/c13-9-2-1-8(11(15)10(9)14)12(18-16)7-3-5-17-6-4-7/h1-6,12,18H,16H2. The predicted octanol–water partition coefficient (Wildman–Crippen LogP) is 3.19. The van der Waals surface area contributed by atoms with Gasteiger partial charge in [-0.05, 0) is 39.7 Å². The van der Waals surface area contributed by atoms with Crippen LogP contribution in [0.15, 0.2) is 41.1 Å². The van der Waals surface area contributed by atoms with Crippen molar-refractivity contribution < 1.29 is 4.39 Å². The number of halogens is 3.